The van der Waals surface area contributed by atoms with Gasteiger partial charge in [-0.1, -0.05) is 0 Å². The third kappa shape index (κ3) is 3.94. The van der Waals surface area contributed by atoms with Crippen molar-refractivity contribution in [3.05, 3.63) is 18.7 Å². The summed E-state index contributed by atoms with van der Waals surface area (Å²) in [5, 5.41) is 3.46. The standard InChI is InChI=1S/C12H21N3O/c1-2-9-16-12(4-1)10-13-5-3-7-15-8-6-14-11-15/h6,8,11-13H,1-5,7,9-10H2. The van der Waals surface area contributed by atoms with Crippen LogP contribution in [0, 0.1) is 0 Å². The Morgan fingerprint density at radius 2 is 2.44 bits per heavy atom. The van der Waals surface area contributed by atoms with Gasteiger partial charge < -0.3 is 14.6 Å². The van der Waals surface area contributed by atoms with E-state index in [2.05, 4.69) is 14.9 Å². The van der Waals surface area contributed by atoms with Crippen molar-refractivity contribution in [2.45, 2.75) is 38.3 Å². The smallest absolute Gasteiger partial charge is 0.0945 e. The van der Waals surface area contributed by atoms with Gasteiger partial charge in [-0.05, 0) is 32.2 Å². The molecule has 2 heterocycles. The molecule has 0 aromatic carbocycles. The van der Waals surface area contributed by atoms with Gasteiger partial charge in [0.15, 0.2) is 0 Å². The Labute approximate surface area is 97.0 Å². The molecule has 1 aliphatic heterocycles. The van der Waals surface area contributed by atoms with Gasteiger partial charge in [-0.3, -0.25) is 0 Å². The molecule has 0 spiro atoms. The largest absolute Gasteiger partial charge is 0.377 e. The number of hydrogen-bond acceptors (Lipinski definition) is 3. The van der Waals surface area contributed by atoms with E-state index in [1.54, 1.807) is 0 Å². The van der Waals surface area contributed by atoms with E-state index in [1.807, 2.05) is 18.7 Å². The first kappa shape index (κ1) is 11.6. The molecular formula is C12H21N3O. The second-order valence-electron chi connectivity index (χ2n) is 4.35. The van der Waals surface area contributed by atoms with E-state index in [4.69, 9.17) is 4.74 Å². The summed E-state index contributed by atoms with van der Waals surface area (Å²) in [4.78, 5) is 4.02. The van der Waals surface area contributed by atoms with Crippen LogP contribution in [0.3, 0.4) is 0 Å². The van der Waals surface area contributed by atoms with Crippen molar-refractivity contribution in [2.24, 2.45) is 0 Å². The van der Waals surface area contributed by atoms with Crippen molar-refractivity contribution in [2.75, 3.05) is 19.7 Å². The van der Waals surface area contributed by atoms with Crippen molar-refractivity contribution in [3.63, 3.8) is 0 Å². The van der Waals surface area contributed by atoms with Gasteiger partial charge in [0.05, 0.1) is 12.4 Å². The van der Waals surface area contributed by atoms with Crippen LogP contribution in [0.1, 0.15) is 25.7 Å². The van der Waals surface area contributed by atoms with Crippen molar-refractivity contribution >= 4 is 0 Å². The lowest BCUT2D eigenvalue weighted by atomic mass is 10.1. The lowest BCUT2D eigenvalue weighted by molar-refractivity contribution is 0.0170. The number of nitrogens with zero attached hydrogens (tertiary/aromatic N) is 2. The lowest BCUT2D eigenvalue weighted by Crippen LogP contribution is -2.32. The average Bonchev–Trinajstić information content (AvgIpc) is 2.83. The summed E-state index contributed by atoms with van der Waals surface area (Å²) in [6.07, 6.45) is 11.1. The molecule has 1 aromatic rings. The lowest BCUT2D eigenvalue weighted by Gasteiger charge is -2.22. The van der Waals surface area contributed by atoms with E-state index in [1.165, 1.54) is 19.3 Å². The van der Waals surface area contributed by atoms with Crippen LogP contribution in [0.4, 0.5) is 0 Å². The quantitative estimate of drug-likeness (QED) is 0.742. The number of aromatic nitrogens is 2. The van der Waals surface area contributed by atoms with Gasteiger partial charge in [-0.15, -0.1) is 0 Å². The zero-order valence-corrected chi connectivity index (χ0v) is 9.77. The number of rotatable bonds is 6. The summed E-state index contributed by atoms with van der Waals surface area (Å²) in [6, 6.07) is 0. The van der Waals surface area contributed by atoms with Crippen LogP contribution in [0.25, 0.3) is 0 Å². The third-order valence-electron chi connectivity index (χ3n) is 2.98. The average molecular weight is 223 g/mol. The fourth-order valence-corrected chi connectivity index (χ4v) is 2.04. The Kier molecular flexibility index (Phi) is 4.83. The summed E-state index contributed by atoms with van der Waals surface area (Å²) in [6.45, 7) is 4.04. The maximum absolute atomic E-state index is 5.65. The fraction of sp³-hybridized carbons (Fsp3) is 0.750. The van der Waals surface area contributed by atoms with Gasteiger partial charge >= 0.3 is 0 Å². The molecule has 0 amide bonds. The molecule has 4 nitrogen and oxygen atoms in total. The van der Waals surface area contributed by atoms with Crippen LogP contribution in [-0.2, 0) is 11.3 Å². The molecule has 1 N–H and O–H groups in total. The monoisotopic (exact) mass is 223 g/mol. The molecule has 90 valence electrons. The summed E-state index contributed by atoms with van der Waals surface area (Å²) in [5.74, 6) is 0. The molecule has 1 aromatic heterocycles. The molecule has 0 radical (unpaired) electrons. The van der Waals surface area contributed by atoms with Gasteiger partial charge in [-0.2, -0.15) is 0 Å². The van der Waals surface area contributed by atoms with Crippen molar-refractivity contribution in [1.82, 2.24) is 14.9 Å². The van der Waals surface area contributed by atoms with E-state index in [0.29, 0.717) is 6.10 Å². The first-order valence-electron chi connectivity index (χ1n) is 6.23. The summed E-state index contributed by atoms with van der Waals surface area (Å²) in [5.41, 5.74) is 0. The Balaban J connectivity index is 1.48. The maximum Gasteiger partial charge on any atom is 0.0945 e. The molecule has 1 atom stereocenters. The van der Waals surface area contributed by atoms with E-state index < -0.39 is 0 Å². The number of nitrogens with one attached hydrogen (secondary N) is 1. The predicted octanol–water partition coefficient (Wildman–Crippen LogP) is 1.43. The van der Waals surface area contributed by atoms with E-state index in [9.17, 15) is 0 Å². The number of aryl methyl sites for hydroxylation is 1. The molecule has 1 fully saturated rings. The van der Waals surface area contributed by atoms with Crippen LogP contribution in [0.15, 0.2) is 18.7 Å². The SMILES string of the molecule is c1cn(CCCNCC2CCCCO2)cn1. The summed E-state index contributed by atoms with van der Waals surface area (Å²) in [7, 11) is 0. The minimum Gasteiger partial charge on any atom is -0.377 e. The molecule has 0 saturated carbocycles. The minimum atomic E-state index is 0.446. The topological polar surface area (TPSA) is 39.1 Å². The molecule has 1 unspecified atom stereocenters. The maximum atomic E-state index is 5.65. The van der Waals surface area contributed by atoms with Crippen molar-refractivity contribution < 1.29 is 4.74 Å². The third-order valence-corrected chi connectivity index (χ3v) is 2.98. The van der Waals surface area contributed by atoms with E-state index in [0.717, 1.165) is 32.7 Å². The van der Waals surface area contributed by atoms with Crippen LogP contribution < -0.4 is 5.32 Å². The van der Waals surface area contributed by atoms with Gasteiger partial charge in [0.25, 0.3) is 0 Å². The highest BCUT2D eigenvalue weighted by atomic mass is 16.5. The Morgan fingerprint density at radius 3 is 3.19 bits per heavy atom. The van der Waals surface area contributed by atoms with Crippen LogP contribution >= 0.6 is 0 Å². The van der Waals surface area contributed by atoms with Gasteiger partial charge in [-0.25, -0.2) is 4.98 Å². The molecule has 0 bridgehead atoms. The number of ether oxygens (including phenoxy) is 1. The number of hydrogen-bond donors (Lipinski definition) is 1. The minimum absolute atomic E-state index is 0.446. The number of imidazole rings is 1. The van der Waals surface area contributed by atoms with Gasteiger partial charge in [0.1, 0.15) is 0 Å². The van der Waals surface area contributed by atoms with Crippen LogP contribution in [0.2, 0.25) is 0 Å². The molecule has 2 rings (SSSR count). The Bertz CT molecular complexity index is 268. The van der Waals surface area contributed by atoms with Crippen LogP contribution in [-0.4, -0.2) is 35.4 Å². The van der Waals surface area contributed by atoms with Crippen molar-refractivity contribution in [3.8, 4) is 0 Å². The molecular weight excluding hydrogens is 202 g/mol. The second kappa shape index (κ2) is 6.66. The Morgan fingerprint density at radius 1 is 1.44 bits per heavy atom. The molecule has 16 heavy (non-hydrogen) atoms. The molecule has 0 aliphatic carbocycles. The fourth-order valence-electron chi connectivity index (χ4n) is 2.04. The first-order chi connectivity index (χ1) is 7.95. The normalized spacial score (nSPS) is 21.1. The first-order valence-corrected chi connectivity index (χ1v) is 6.23. The van der Waals surface area contributed by atoms with E-state index >= 15 is 0 Å². The molecule has 1 aliphatic rings. The van der Waals surface area contributed by atoms with E-state index in [-0.39, 0.29) is 0 Å². The molecule has 1 saturated heterocycles. The van der Waals surface area contributed by atoms with Crippen molar-refractivity contribution in [1.29, 1.82) is 0 Å². The van der Waals surface area contributed by atoms with Gasteiger partial charge in [0, 0.05) is 32.1 Å². The van der Waals surface area contributed by atoms with Crippen LogP contribution in [0.5, 0.6) is 0 Å². The highest BCUT2D eigenvalue weighted by Gasteiger charge is 2.12. The zero-order valence-electron chi connectivity index (χ0n) is 9.77. The second-order valence-corrected chi connectivity index (χ2v) is 4.35. The molecule has 4 heteroatoms. The summed E-state index contributed by atoms with van der Waals surface area (Å²) >= 11 is 0. The highest BCUT2D eigenvalue weighted by molar-refractivity contribution is 4.74. The Hall–Kier alpha value is -0.870. The highest BCUT2D eigenvalue weighted by Crippen LogP contribution is 2.11. The van der Waals surface area contributed by atoms with Gasteiger partial charge in [0.2, 0.25) is 0 Å². The zero-order chi connectivity index (χ0) is 11.1. The summed E-state index contributed by atoms with van der Waals surface area (Å²) < 4.78 is 7.76. The predicted molar refractivity (Wildman–Crippen MR) is 63.3 cm³/mol.